The molecule has 0 radical (unpaired) electrons. The van der Waals surface area contributed by atoms with Crippen molar-refractivity contribution in [2.45, 2.75) is 52.6 Å². The molecule has 1 aliphatic rings. The second kappa shape index (κ2) is 8.17. The molecule has 2 heterocycles. The van der Waals surface area contributed by atoms with Crippen molar-refractivity contribution < 1.29 is 4.79 Å². The molecule has 1 saturated heterocycles. The van der Waals surface area contributed by atoms with Gasteiger partial charge in [-0.15, -0.1) is 0 Å². The number of imidazole rings is 1. The van der Waals surface area contributed by atoms with Crippen LogP contribution in [0.4, 0.5) is 0 Å². The molecule has 0 aromatic carbocycles. The van der Waals surface area contributed by atoms with Crippen molar-refractivity contribution in [3.05, 3.63) is 18.2 Å². The van der Waals surface area contributed by atoms with Crippen molar-refractivity contribution in [2.75, 3.05) is 19.6 Å². The first kappa shape index (κ1) is 16.0. The van der Waals surface area contributed by atoms with E-state index in [-0.39, 0.29) is 5.91 Å². The van der Waals surface area contributed by atoms with E-state index in [1.165, 1.54) is 12.8 Å². The summed E-state index contributed by atoms with van der Waals surface area (Å²) in [6, 6.07) is 0. The molecule has 1 fully saturated rings. The molecule has 2 rings (SSSR count). The van der Waals surface area contributed by atoms with Gasteiger partial charge in [-0.2, -0.15) is 0 Å². The summed E-state index contributed by atoms with van der Waals surface area (Å²) in [5.41, 5.74) is 0.999. The fourth-order valence-corrected chi connectivity index (χ4v) is 2.65. The van der Waals surface area contributed by atoms with E-state index >= 15 is 0 Å². The minimum atomic E-state index is 0.219. The Bertz CT molecular complexity index is 433. The first-order valence-electron chi connectivity index (χ1n) is 8.14. The van der Waals surface area contributed by atoms with Gasteiger partial charge in [-0.1, -0.05) is 26.7 Å². The maximum absolute atomic E-state index is 12.3. The minimum Gasteiger partial charge on any atom is -0.341 e. The third-order valence-electron chi connectivity index (χ3n) is 3.82. The molecular weight excluding hydrogens is 264 g/mol. The monoisotopic (exact) mass is 292 g/mol. The van der Waals surface area contributed by atoms with Crippen molar-refractivity contribution >= 4 is 5.91 Å². The van der Waals surface area contributed by atoms with Gasteiger partial charge in [-0.25, -0.2) is 4.98 Å². The Morgan fingerprint density at radius 2 is 2.00 bits per heavy atom. The van der Waals surface area contributed by atoms with Gasteiger partial charge in [-0.05, 0) is 25.3 Å². The number of hydrogen-bond donors (Lipinski definition) is 1. The summed E-state index contributed by atoms with van der Waals surface area (Å²) in [5.74, 6) is 0.854. The predicted molar refractivity (Wildman–Crippen MR) is 83.8 cm³/mol. The highest BCUT2D eigenvalue weighted by atomic mass is 16.2. The quantitative estimate of drug-likeness (QED) is 0.873. The Hall–Kier alpha value is -1.36. The van der Waals surface area contributed by atoms with E-state index in [9.17, 15) is 4.79 Å². The van der Waals surface area contributed by atoms with Gasteiger partial charge in [0.05, 0.1) is 12.0 Å². The van der Waals surface area contributed by atoms with Crippen LogP contribution in [0.15, 0.2) is 12.5 Å². The Balaban J connectivity index is 1.79. The maximum atomic E-state index is 12.3. The van der Waals surface area contributed by atoms with E-state index in [1.807, 2.05) is 15.7 Å². The average molecular weight is 292 g/mol. The van der Waals surface area contributed by atoms with Crippen LogP contribution in [0.25, 0.3) is 0 Å². The summed E-state index contributed by atoms with van der Waals surface area (Å²) in [6.45, 7) is 8.36. The van der Waals surface area contributed by atoms with E-state index in [4.69, 9.17) is 0 Å². The SMILES string of the molecule is CC(C)CNCc1cn(CC(=O)N2CCCCCC2)cn1. The number of aromatic nitrogens is 2. The molecule has 0 unspecified atom stereocenters. The van der Waals surface area contributed by atoms with Crippen LogP contribution in [0.5, 0.6) is 0 Å². The van der Waals surface area contributed by atoms with Crippen molar-refractivity contribution in [1.29, 1.82) is 0 Å². The Labute approximate surface area is 127 Å². The number of carbonyl (C=O) groups excluding carboxylic acids is 1. The molecule has 0 spiro atoms. The van der Waals surface area contributed by atoms with Crippen LogP contribution in [-0.2, 0) is 17.9 Å². The zero-order chi connectivity index (χ0) is 15.1. The first-order chi connectivity index (χ1) is 10.1. The number of nitrogens with one attached hydrogen (secondary N) is 1. The molecule has 5 nitrogen and oxygen atoms in total. The molecular formula is C16H28N4O. The summed E-state index contributed by atoms with van der Waals surface area (Å²) in [6.07, 6.45) is 8.52. The van der Waals surface area contributed by atoms with Gasteiger partial charge in [0, 0.05) is 25.8 Å². The molecule has 1 aromatic rings. The number of rotatable bonds is 6. The van der Waals surface area contributed by atoms with Gasteiger partial charge in [0.2, 0.25) is 5.91 Å². The lowest BCUT2D eigenvalue weighted by Crippen LogP contribution is -2.34. The van der Waals surface area contributed by atoms with E-state index in [1.54, 1.807) is 6.33 Å². The smallest absolute Gasteiger partial charge is 0.242 e. The van der Waals surface area contributed by atoms with Crippen molar-refractivity contribution in [2.24, 2.45) is 5.92 Å². The van der Waals surface area contributed by atoms with Crippen molar-refractivity contribution in [3.8, 4) is 0 Å². The molecule has 1 amide bonds. The number of nitrogens with zero attached hydrogens (tertiary/aromatic N) is 3. The van der Waals surface area contributed by atoms with Crippen molar-refractivity contribution in [3.63, 3.8) is 0 Å². The number of likely N-dealkylation sites (tertiary alicyclic amines) is 1. The maximum Gasteiger partial charge on any atom is 0.242 e. The number of carbonyl (C=O) groups is 1. The fourth-order valence-electron chi connectivity index (χ4n) is 2.65. The molecule has 0 bridgehead atoms. The second-order valence-electron chi connectivity index (χ2n) is 6.36. The molecule has 21 heavy (non-hydrogen) atoms. The molecule has 1 aliphatic heterocycles. The van der Waals surface area contributed by atoms with Crippen LogP contribution in [0.3, 0.4) is 0 Å². The predicted octanol–water partition coefficient (Wildman–Crippen LogP) is 2.03. The van der Waals surface area contributed by atoms with Crippen LogP contribution < -0.4 is 5.32 Å². The van der Waals surface area contributed by atoms with Gasteiger partial charge in [0.15, 0.2) is 0 Å². The molecule has 5 heteroatoms. The lowest BCUT2D eigenvalue weighted by Gasteiger charge is -2.20. The van der Waals surface area contributed by atoms with Crippen LogP contribution in [0, 0.1) is 5.92 Å². The average Bonchev–Trinajstić information content (AvgIpc) is 2.72. The lowest BCUT2D eigenvalue weighted by molar-refractivity contribution is -0.131. The van der Waals surface area contributed by atoms with Crippen LogP contribution in [-0.4, -0.2) is 40.0 Å². The number of amides is 1. The van der Waals surface area contributed by atoms with Gasteiger partial charge in [-0.3, -0.25) is 4.79 Å². The summed E-state index contributed by atoms with van der Waals surface area (Å²) >= 11 is 0. The van der Waals surface area contributed by atoms with E-state index in [0.717, 1.165) is 44.7 Å². The van der Waals surface area contributed by atoms with Gasteiger partial charge >= 0.3 is 0 Å². The molecule has 1 aromatic heterocycles. The number of hydrogen-bond acceptors (Lipinski definition) is 3. The molecule has 118 valence electrons. The largest absolute Gasteiger partial charge is 0.341 e. The van der Waals surface area contributed by atoms with Crippen molar-refractivity contribution in [1.82, 2.24) is 19.8 Å². The second-order valence-corrected chi connectivity index (χ2v) is 6.36. The van der Waals surface area contributed by atoms with E-state index in [0.29, 0.717) is 12.5 Å². The fraction of sp³-hybridized carbons (Fsp3) is 0.750. The summed E-state index contributed by atoms with van der Waals surface area (Å²) in [5, 5.41) is 3.37. The standard InChI is InChI=1S/C16H28N4O/c1-14(2)9-17-10-15-11-19(13-18-15)12-16(21)20-7-5-3-4-6-8-20/h11,13-14,17H,3-10,12H2,1-2H3. The normalized spacial score (nSPS) is 16.2. The highest BCUT2D eigenvalue weighted by Gasteiger charge is 2.15. The topological polar surface area (TPSA) is 50.2 Å². The molecule has 0 saturated carbocycles. The Morgan fingerprint density at radius 3 is 2.67 bits per heavy atom. The van der Waals surface area contributed by atoms with Crippen LogP contribution in [0.2, 0.25) is 0 Å². The van der Waals surface area contributed by atoms with E-state index < -0.39 is 0 Å². The van der Waals surface area contributed by atoms with Gasteiger partial charge in [0.1, 0.15) is 6.54 Å². The third-order valence-corrected chi connectivity index (χ3v) is 3.82. The van der Waals surface area contributed by atoms with Crippen LogP contribution >= 0.6 is 0 Å². The van der Waals surface area contributed by atoms with Crippen LogP contribution in [0.1, 0.15) is 45.2 Å². The molecule has 0 atom stereocenters. The summed E-state index contributed by atoms with van der Waals surface area (Å²) in [4.78, 5) is 18.7. The highest BCUT2D eigenvalue weighted by molar-refractivity contribution is 5.76. The zero-order valence-corrected chi connectivity index (χ0v) is 13.3. The first-order valence-corrected chi connectivity index (χ1v) is 8.14. The molecule has 1 N–H and O–H groups in total. The van der Waals surface area contributed by atoms with E-state index in [2.05, 4.69) is 24.1 Å². The highest BCUT2D eigenvalue weighted by Crippen LogP contribution is 2.10. The summed E-state index contributed by atoms with van der Waals surface area (Å²) in [7, 11) is 0. The molecule has 0 aliphatic carbocycles. The lowest BCUT2D eigenvalue weighted by atomic mass is 10.2. The summed E-state index contributed by atoms with van der Waals surface area (Å²) < 4.78 is 1.90. The van der Waals surface area contributed by atoms with Gasteiger partial charge < -0.3 is 14.8 Å². The third kappa shape index (κ3) is 5.50. The Morgan fingerprint density at radius 1 is 1.29 bits per heavy atom. The zero-order valence-electron chi connectivity index (χ0n) is 13.3. The Kier molecular flexibility index (Phi) is 6.23. The van der Waals surface area contributed by atoms with Gasteiger partial charge in [0.25, 0.3) is 0 Å². The minimum absolute atomic E-state index is 0.219.